The van der Waals surface area contributed by atoms with Gasteiger partial charge in [0.2, 0.25) is 5.91 Å². The quantitative estimate of drug-likeness (QED) is 0.131. The zero-order chi connectivity index (χ0) is 34.8. The molecule has 0 saturated heterocycles. The largest absolute Gasteiger partial charge is 0.378 e. The molecule has 4 rings (SSSR count). The maximum absolute atomic E-state index is 12.7. The number of hydrogen-bond acceptors (Lipinski definition) is 9. The van der Waals surface area contributed by atoms with Crippen LogP contribution in [0.3, 0.4) is 0 Å². The van der Waals surface area contributed by atoms with Gasteiger partial charge in [-0.2, -0.15) is 0 Å². The van der Waals surface area contributed by atoms with Gasteiger partial charge >= 0.3 is 0 Å². The van der Waals surface area contributed by atoms with Crippen molar-refractivity contribution in [3.63, 3.8) is 0 Å². The van der Waals surface area contributed by atoms with Crippen LogP contribution in [0.5, 0.6) is 0 Å². The molecule has 0 fully saturated rings. The average molecular weight is 697 g/mol. The second-order valence-corrected chi connectivity index (χ2v) is 12.1. The molecular formula is C37H49ClN4O7. The highest BCUT2D eigenvalue weighted by Crippen LogP contribution is 2.41. The summed E-state index contributed by atoms with van der Waals surface area (Å²) in [6, 6.07) is 21.4. The van der Waals surface area contributed by atoms with Crippen LogP contribution < -0.4 is 21.3 Å². The standard InChI is InChI=1S/C37H49ClN4O7/c1-27-25-35(41-33-10-8-32(38)9-11-33)34-26-31(7-12-36(34)42(27)28(2)43)29-3-5-30(6-4-29)37(44)40-14-16-46-18-20-48-22-24-49-23-21-47-19-17-45-15-13-39/h3-12,26-27,35,41H,13-25,39H2,1-2H3,(H,40,44)/t27-,35+/m0/s1. The van der Waals surface area contributed by atoms with Crippen LogP contribution in [-0.4, -0.2) is 97.0 Å². The highest BCUT2D eigenvalue weighted by atomic mass is 35.5. The third kappa shape index (κ3) is 12.4. The fourth-order valence-corrected chi connectivity index (χ4v) is 5.75. The van der Waals surface area contributed by atoms with Gasteiger partial charge in [0.25, 0.3) is 5.91 Å². The smallest absolute Gasteiger partial charge is 0.251 e. The summed E-state index contributed by atoms with van der Waals surface area (Å²) >= 11 is 6.10. The number of rotatable bonds is 21. The van der Waals surface area contributed by atoms with Gasteiger partial charge in [-0.15, -0.1) is 0 Å². The second kappa shape index (κ2) is 20.8. The van der Waals surface area contributed by atoms with E-state index in [9.17, 15) is 9.59 Å². The Bertz CT molecular complexity index is 1440. The van der Waals surface area contributed by atoms with Crippen molar-refractivity contribution in [3.05, 3.63) is 82.9 Å². The number of carbonyl (C=O) groups is 2. The second-order valence-electron chi connectivity index (χ2n) is 11.6. The summed E-state index contributed by atoms with van der Waals surface area (Å²) in [5, 5.41) is 7.21. The molecule has 0 aliphatic carbocycles. The summed E-state index contributed by atoms with van der Waals surface area (Å²) in [5.74, 6) is -0.152. The van der Waals surface area contributed by atoms with Crippen LogP contribution in [0.4, 0.5) is 11.4 Å². The molecule has 4 N–H and O–H groups in total. The number of benzene rings is 3. The van der Waals surface area contributed by atoms with Gasteiger partial charge < -0.3 is 45.0 Å². The molecule has 0 unspecified atom stereocenters. The third-order valence-electron chi connectivity index (χ3n) is 7.97. The Kier molecular flexibility index (Phi) is 16.3. The molecule has 0 radical (unpaired) electrons. The summed E-state index contributed by atoms with van der Waals surface area (Å²) in [4.78, 5) is 27.2. The van der Waals surface area contributed by atoms with Gasteiger partial charge in [0.05, 0.1) is 72.1 Å². The molecule has 2 atom stereocenters. The van der Waals surface area contributed by atoms with Crippen LogP contribution >= 0.6 is 11.6 Å². The lowest BCUT2D eigenvalue weighted by atomic mass is 9.88. The Hall–Kier alpha value is -3.55. The monoisotopic (exact) mass is 696 g/mol. The molecule has 12 heteroatoms. The maximum atomic E-state index is 12.7. The maximum Gasteiger partial charge on any atom is 0.251 e. The molecule has 49 heavy (non-hydrogen) atoms. The Morgan fingerprint density at radius 1 is 0.776 bits per heavy atom. The van der Waals surface area contributed by atoms with Gasteiger partial charge in [-0.05, 0) is 78.6 Å². The number of nitrogens with two attached hydrogens (primary N) is 1. The van der Waals surface area contributed by atoms with Crippen LogP contribution in [0.25, 0.3) is 11.1 Å². The van der Waals surface area contributed by atoms with E-state index in [4.69, 9.17) is 41.0 Å². The molecule has 1 heterocycles. The molecule has 3 aromatic rings. The van der Waals surface area contributed by atoms with E-state index in [1.54, 1.807) is 6.92 Å². The molecule has 3 aromatic carbocycles. The first kappa shape index (κ1) is 38.3. The fourth-order valence-electron chi connectivity index (χ4n) is 5.63. The summed E-state index contributed by atoms with van der Waals surface area (Å²) in [6.07, 6.45) is 0.758. The molecular weight excluding hydrogens is 648 g/mol. The molecule has 0 saturated carbocycles. The molecule has 0 bridgehead atoms. The number of fused-ring (bicyclic) bond motifs is 1. The van der Waals surface area contributed by atoms with E-state index in [-0.39, 0.29) is 23.9 Å². The van der Waals surface area contributed by atoms with Crippen molar-refractivity contribution in [3.8, 4) is 11.1 Å². The van der Waals surface area contributed by atoms with Crippen LogP contribution in [-0.2, 0) is 28.5 Å². The lowest BCUT2D eigenvalue weighted by Gasteiger charge is -2.39. The van der Waals surface area contributed by atoms with Crippen molar-refractivity contribution < 1.29 is 33.3 Å². The van der Waals surface area contributed by atoms with Crippen LogP contribution in [0.2, 0.25) is 5.02 Å². The van der Waals surface area contributed by atoms with Gasteiger partial charge in [0, 0.05) is 48.0 Å². The van der Waals surface area contributed by atoms with Gasteiger partial charge in [0.1, 0.15) is 0 Å². The molecule has 266 valence electrons. The third-order valence-corrected chi connectivity index (χ3v) is 8.22. The zero-order valence-corrected chi connectivity index (χ0v) is 29.2. The minimum Gasteiger partial charge on any atom is -0.378 e. The Balaban J connectivity index is 1.18. The van der Waals surface area contributed by atoms with E-state index < -0.39 is 0 Å². The number of anilines is 2. The SMILES string of the molecule is CC(=O)N1c2ccc(-c3ccc(C(=O)NCCOCCOCCOCCOCCOCCN)cc3)cc2[C@H](Nc2ccc(Cl)cc2)C[C@@H]1C. The van der Waals surface area contributed by atoms with E-state index in [2.05, 4.69) is 23.6 Å². The lowest BCUT2D eigenvalue weighted by molar-refractivity contribution is -0.117. The van der Waals surface area contributed by atoms with Crippen molar-refractivity contribution >= 4 is 34.8 Å². The fraction of sp³-hybridized carbons (Fsp3) is 0.459. The van der Waals surface area contributed by atoms with E-state index in [0.717, 1.165) is 34.5 Å². The number of amides is 2. The predicted molar refractivity (Wildman–Crippen MR) is 192 cm³/mol. The molecule has 1 aliphatic heterocycles. The molecule has 0 spiro atoms. The lowest BCUT2D eigenvalue weighted by Crippen LogP contribution is -2.43. The topological polar surface area (TPSA) is 134 Å². The summed E-state index contributed by atoms with van der Waals surface area (Å²) in [6.45, 7) is 9.38. The number of nitrogens with one attached hydrogen (secondary N) is 2. The van der Waals surface area contributed by atoms with Gasteiger partial charge in [-0.25, -0.2) is 0 Å². The van der Waals surface area contributed by atoms with Gasteiger partial charge in [0.15, 0.2) is 0 Å². The Morgan fingerprint density at radius 3 is 1.90 bits per heavy atom. The predicted octanol–water partition coefficient (Wildman–Crippen LogP) is 5.08. The Morgan fingerprint density at radius 2 is 1.33 bits per heavy atom. The van der Waals surface area contributed by atoms with Crippen molar-refractivity contribution in [2.24, 2.45) is 5.73 Å². The van der Waals surface area contributed by atoms with Crippen molar-refractivity contribution in [1.82, 2.24) is 5.32 Å². The molecule has 11 nitrogen and oxygen atoms in total. The normalized spacial score (nSPS) is 15.6. The Labute approximate surface area is 294 Å². The van der Waals surface area contributed by atoms with Gasteiger partial charge in [-0.1, -0.05) is 29.8 Å². The highest BCUT2D eigenvalue weighted by molar-refractivity contribution is 6.30. The average Bonchev–Trinajstić information content (AvgIpc) is 3.10. The van der Waals surface area contributed by atoms with Crippen LogP contribution in [0, 0.1) is 0 Å². The summed E-state index contributed by atoms with van der Waals surface area (Å²) < 4.78 is 27.1. The highest BCUT2D eigenvalue weighted by Gasteiger charge is 2.32. The van der Waals surface area contributed by atoms with Crippen LogP contribution in [0.15, 0.2) is 66.7 Å². The van der Waals surface area contributed by atoms with E-state index in [0.29, 0.717) is 89.7 Å². The summed E-state index contributed by atoms with van der Waals surface area (Å²) in [5.41, 5.74) is 10.8. The number of carbonyl (C=O) groups excluding carboxylic acids is 2. The number of ether oxygens (including phenoxy) is 5. The molecule has 1 aliphatic rings. The number of nitrogens with zero attached hydrogens (tertiary/aromatic N) is 1. The summed E-state index contributed by atoms with van der Waals surface area (Å²) in [7, 11) is 0. The van der Waals surface area contributed by atoms with E-state index in [1.807, 2.05) is 65.6 Å². The van der Waals surface area contributed by atoms with Gasteiger partial charge in [-0.3, -0.25) is 9.59 Å². The molecule has 0 aromatic heterocycles. The molecule has 2 amide bonds. The van der Waals surface area contributed by atoms with Crippen molar-refractivity contribution in [2.75, 3.05) is 89.4 Å². The van der Waals surface area contributed by atoms with E-state index >= 15 is 0 Å². The van der Waals surface area contributed by atoms with Crippen molar-refractivity contribution in [2.45, 2.75) is 32.4 Å². The minimum atomic E-state index is -0.167. The van der Waals surface area contributed by atoms with Crippen LogP contribution in [0.1, 0.15) is 42.2 Å². The first-order chi connectivity index (χ1) is 23.9. The first-order valence-electron chi connectivity index (χ1n) is 16.8. The van der Waals surface area contributed by atoms with E-state index in [1.165, 1.54) is 0 Å². The number of halogens is 1. The first-order valence-corrected chi connectivity index (χ1v) is 17.2. The van der Waals surface area contributed by atoms with Crippen molar-refractivity contribution in [1.29, 1.82) is 0 Å². The number of hydrogen-bond donors (Lipinski definition) is 3. The minimum absolute atomic E-state index is 0.00318. The zero-order valence-electron chi connectivity index (χ0n) is 28.5.